The van der Waals surface area contributed by atoms with Crippen molar-refractivity contribution in [2.24, 2.45) is 11.7 Å². The fourth-order valence-corrected chi connectivity index (χ4v) is 6.43. The van der Waals surface area contributed by atoms with Crippen LogP contribution in [-0.4, -0.2) is 54.3 Å². The van der Waals surface area contributed by atoms with E-state index < -0.39 is 5.91 Å². The molecule has 0 saturated carbocycles. The van der Waals surface area contributed by atoms with Gasteiger partial charge in [0, 0.05) is 53.2 Å². The summed E-state index contributed by atoms with van der Waals surface area (Å²) < 4.78 is 0. The van der Waals surface area contributed by atoms with E-state index in [2.05, 4.69) is 22.0 Å². The Kier molecular flexibility index (Phi) is 7.42. The Hall–Kier alpha value is -1.64. The van der Waals surface area contributed by atoms with Gasteiger partial charge in [-0.2, -0.15) is 0 Å². The minimum atomic E-state index is -0.459. The minimum Gasteiger partial charge on any atom is -0.365 e. The Bertz CT molecular complexity index is 997. The molecule has 2 aromatic rings. The Labute approximate surface area is 202 Å². The van der Waals surface area contributed by atoms with Crippen molar-refractivity contribution in [3.8, 4) is 0 Å². The van der Waals surface area contributed by atoms with E-state index in [4.69, 9.17) is 28.9 Å². The van der Waals surface area contributed by atoms with E-state index in [9.17, 15) is 9.59 Å². The highest BCUT2D eigenvalue weighted by Crippen LogP contribution is 2.39. The topological polar surface area (TPSA) is 78.7 Å². The molecule has 1 atom stereocenters. The van der Waals surface area contributed by atoms with Crippen molar-refractivity contribution >= 4 is 51.4 Å². The third-order valence-corrected chi connectivity index (χ3v) is 8.16. The Morgan fingerprint density at radius 3 is 2.47 bits per heavy atom. The van der Waals surface area contributed by atoms with Crippen LogP contribution in [0.25, 0.3) is 0 Å². The van der Waals surface area contributed by atoms with E-state index in [0.717, 1.165) is 56.6 Å². The number of primary amides is 1. The Morgan fingerprint density at radius 2 is 1.81 bits per heavy atom. The maximum Gasteiger partial charge on any atom is 0.251 e. The molecular weight excluding hydrogens is 467 g/mol. The average molecular weight is 495 g/mol. The van der Waals surface area contributed by atoms with E-state index in [1.165, 1.54) is 16.2 Å². The van der Waals surface area contributed by atoms with Crippen molar-refractivity contribution in [2.45, 2.75) is 32.7 Å². The standard InChI is InChI=1S/C23H28Cl2N4O2S/c1-14-5-6-15-19(11-14)32-23(21(15)22(26)31)27-20(30)13-29-9-7-28(8-10-29)12-16-17(24)3-2-4-18(16)25/h2-4,14H,5-13H2,1H3,(H2,26,31)(H,27,30). The largest absolute Gasteiger partial charge is 0.365 e. The predicted molar refractivity (Wildman–Crippen MR) is 131 cm³/mol. The predicted octanol–water partition coefficient (Wildman–Crippen LogP) is 4.03. The van der Waals surface area contributed by atoms with Crippen LogP contribution in [0.3, 0.4) is 0 Å². The smallest absolute Gasteiger partial charge is 0.251 e. The Morgan fingerprint density at radius 1 is 1.16 bits per heavy atom. The lowest BCUT2D eigenvalue weighted by Gasteiger charge is -2.34. The van der Waals surface area contributed by atoms with Gasteiger partial charge < -0.3 is 11.1 Å². The molecule has 0 bridgehead atoms. The lowest BCUT2D eigenvalue weighted by molar-refractivity contribution is -0.117. The first-order valence-electron chi connectivity index (χ1n) is 10.9. The quantitative estimate of drug-likeness (QED) is 0.634. The number of carbonyl (C=O) groups excluding carboxylic acids is 2. The molecule has 2 aliphatic rings. The normalized spacial score (nSPS) is 19.5. The summed E-state index contributed by atoms with van der Waals surface area (Å²) in [6, 6.07) is 5.55. The van der Waals surface area contributed by atoms with Crippen LogP contribution < -0.4 is 11.1 Å². The summed E-state index contributed by atoms with van der Waals surface area (Å²) in [5, 5.41) is 4.93. The van der Waals surface area contributed by atoms with Gasteiger partial charge in [-0.15, -0.1) is 11.3 Å². The maximum atomic E-state index is 12.7. The third-order valence-electron chi connectivity index (χ3n) is 6.29. The molecule has 0 spiro atoms. The first-order valence-corrected chi connectivity index (χ1v) is 12.5. The number of rotatable bonds is 6. The summed E-state index contributed by atoms with van der Waals surface area (Å²) in [7, 11) is 0. The van der Waals surface area contributed by atoms with Crippen LogP contribution in [0.15, 0.2) is 18.2 Å². The number of benzene rings is 1. The SMILES string of the molecule is CC1CCc2c(sc(NC(=O)CN3CCN(Cc4c(Cl)cccc4Cl)CC3)c2C(N)=O)C1. The molecule has 1 aliphatic carbocycles. The van der Waals surface area contributed by atoms with Gasteiger partial charge in [-0.05, 0) is 42.9 Å². The minimum absolute atomic E-state index is 0.109. The summed E-state index contributed by atoms with van der Waals surface area (Å²) in [6.07, 6.45) is 2.83. The molecule has 6 nitrogen and oxygen atoms in total. The van der Waals surface area contributed by atoms with Crippen molar-refractivity contribution in [1.29, 1.82) is 0 Å². The highest BCUT2D eigenvalue weighted by molar-refractivity contribution is 7.17. The van der Waals surface area contributed by atoms with Crippen molar-refractivity contribution in [2.75, 3.05) is 38.0 Å². The van der Waals surface area contributed by atoms with Crippen LogP contribution in [0.1, 0.15) is 39.7 Å². The molecule has 4 rings (SSSR count). The molecule has 1 unspecified atom stereocenters. The van der Waals surface area contributed by atoms with Crippen LogP contribution in [0.4, 0.5) is 5.00 Å². The summed E-state index contributed by atoms with van der Waals surface area (Å²) in [5.74, 6) is 0.0170. The number of piperazine rings is 1. The number of hydrogen-bond acceptors (Lipinski definition) is 5. The van der Waals surface area contributed by atoms with Gasteiger partial charge in [0.1, 0.15) is 5.00 Å². The number of carbonyl (C=O) groups is 2. The van der Waals surface area contributed by atoms with Crippen LogP contribution in [-0.2, 0) is 24.2 Å². The lowest BCUT2D eigenvalue weighted by Crippen LogP contribution is -2.48. The molecule has 3 N–H and O–H groups in total. The van der Waals surface area contributed by atoms with E-state index in [1.807, 2.05) is 18.2 Å². The van der Waals surface area contributed by atoms with Crippen molar-refractivity contribution in [1.82, 2.24) is 9.80 Å². The van der Waals surface area contributed by atoms with Gasteiger partial charge in [0.2, 0.25) is 5.91 Å². The molecule has 1 aromatic heterocycles. The number of hydrogen-bond donors (Lipinski definition) is 2. The van der Waals surface area contributed by atoms with Crippen LogP contribution >= 0.6 is 34.5 Å². The molecule has 1 fully saturated rings. The molecule has 1 saturated heterocycles. The second-order valence-electron chi connectivity index (χ2n) is 8.72. The zero-order chi connectivity index (χ0) is 22.8. The molecule has 0 radical (unpaired) electrons. The van der Waals surface area contributed by atoms with Crippen LogP contribution in [0.5, 0.6) is 0 Å². The van der Waals surface area contributed by atoms with Gasteiger partial charge >= 0.3 is 0 Å². The highest BCUT2D eigenvalue weighted by atomic mass is 35.5. The number of fused-ring (bicyclic) bond motifs is 1. The molecule has 1 aliphatic heterocycles. The summed E-state index contributed by atoms with van der Waals surface area (Å²) in [5.41, 5.74) is 8.14. The Balaban J connectivity index is 1.33. The fourth-order valence-electron chi connectivity index (χ4n) is 4.48. The molecule has 2 amide bonds. The molecule has 1 aromatic carbocycles. The number of nitrogens with two attached hydrogens (primary N) is 1. The van der Waals surface area contributed by atoms with E-state index in [-0.39, 0.29) is 12.5 Å². The van der Waals surface area contributed by atoms with Crippen molar-refractivity contribution < 1.29 is 9.59 Å². The maximum absolute atomic E-state index is 12.7. The molecule has 172 valence electrons. The molecular formula is C23H28Cl2N4O2S. The monoisotopic (exact) mass is 494 g/mol. The van der Waals surface area contributed by atoms with Gasteiger partial charge in [0.05, 0.1) is 12.1 Å². The highest BCUT2D eigenvalue weighted by Gasteiger charge is 2.28. The van der Waals surface area contributed by atoms with E-state index in [1.54, 1.807) is 0 Å². The first-order chi connectivity index (χ1) is 15.3. The number of nitrogens with zero attached hydrogens (tertiary/aromatic N) is 2. The second kappa shape index (κ2) is 10.1. The summed E-state index contributed by atoms with van der Waals surface area (Å²) in [6.45, 7) is 6.40. The van der Waals surface area contributed by atoms with E-state index in [0.29, 0.717) is 33.1 Å². The molecule has 9 heteroatoms. The van der Waals surface area contributed by atoms with Gasteiger partial charge in [0.25, 0.3) is 5.91 Å². The summed E-state index contributed by atoms with van der Waals surface area (Å²) >= 11 is 14.1. The zero-order valence-electron chi connectivity index (χ0n) is 18.1. The van der Waals surface area contributed by atoms with E-state index >= 15 is 0 Å². The number of thiophene rings is 1. The summed E-state index contributed by atoms with van der Waals surface area (Å²) in [4.78, 5) is 30.4. The number of nitrogens with one attached hydrogen (secondary N) is 1. The van der Waals surface area contributed by atoms with Crippen LogP contribution in [0, 0.1) is 5.92 Å². The molecule has 2 heterocycles. The lowest BCUT2D eigenvalue weighted by atomic mass is 9.88. The number of anilines is 1. The fraction of sp³-hybridized carbons (Fsp3) is 0.478. The molecule has 32 heavy (non-hydrogen) atoms. The van der Waals surface area contributed by atoms with Gasteiger partial charge in [-0.25, -0.2) is 0 Å². The first kappa shape index (κ1) is 23.5. The van der Waals surface area contributed by atoms with Gasteiger partial charge in [-0.1, -0.05) is 36.2 Å². The van der Waals surface area contributed by atoms with Gasteiger partial charge in [0.15, 0.2) is 0 Å². The number of halogens is 2. The number of amides is 2. The zero-order valence-corrected chi connectivity index (χ0v) is 20.5. The van der Waals surface area contributed by atoms with Crippen LogP contribution in [0.2, 0.25) is 10.0 Å². The average Bonchev–Trinajstić information content (AvgIpc) is 3.08. The van der Waals surface area contributed by atoms with Gasteiger partial charge in [-0.3, -0.25) is 19.4 Å². The third kappa shape index (κ3) is 5.29. The van der Waals surface area contributed by atoms with Crippen molar-refractivity contribution in [3.63, 3.8) is 0 Å². The van der Waals surface area contributed by atoms with Crippen molar-refractivity contribution in [3.05, 3.63) is 49.8 Å². The second-order valence-corrected chi connectivity index (χ2v) is 10.6.